The molecule has 1 saturated heterocycles. The van der Waals surface area contributed by atoms with E-state index in [-0.39, 0.29) is 11.3 Å². The van der Waals surface area contributed by atoms with Crippen LogP contribution < -0.4 is 4.74 Å². The molecule has 3 rings (SSSR count). The van der Waals surface area contributed by atoms with Gasteiger partial charge in [-0.05, 0) is 42.9 Å². The van der Waals surface area contributed by atoms with E-state index in [4.69, 9.17) is 27.9 Å². The third-order valence-corrected chi connectivity index (χ3v) is 6.45. The van der Waals surface area contributed by atoms with Crippen LogP contribution in [0.25, 0.3) is 5.76 Å². The summed E-state index contributed by atoms with van der Waals surface area (Å²) in [5.41, 5.74) is 0.925. The first-order valence-electron chi connectivity index (χ1n) is 10.4. The number of ketones is 1. The van der Waals surface area contributed by atoms with E-state index >= 15 is 0 Å². The minimum atomic E-state index is -0.801. The summed E-state index contributed by atoms with van der Waals surface area (Å²) in [6, 6.07) is 11.0. The van der Waals surface area contributed by atoms with Gasteiger partial charge in [0.1, 0.15) is 11.5 Å². The van der Waals surface area contributed by atoms with E-state index in [1.807, 2.05) is 13.8 Å². The molecule has 0 aromatic heterocycles. The van der Waals surface area contributed by atoms with Crippen LogP contribution in [0, 0.1) is 0 Å². The van der Waals surface area contributed by atoms with Crippen molar-refractivity contribution in [3.63, 3.8) is 0 Å². The van der Waals surface area contributed by atoms with Crippen molar-refractivity contribution in [2.75, 3.05) is 33.3 Å². The monoisotopic (exact) mass is 476 g/mol. The molecular formula is C24H26Cl2N2O4. The largest absolute Gasteiger partial charge is 0.507 e. The molecule has 1 amide bonds. The van der Waals surface area contributed by atoms with Crippen molar-refractivity contribution >= 4 is 40.7 Å². The van der Waals surface area contributed by atoms with Gasteiger partial charge in [0.05, 0.1) is 34.3 Å². The normalized spacial score (nSPS) is 17.9. The van der Waals surface area contributed by atoms with Crippen molar-refractivity contribution in [2.45, 2.75) is 19.9 Å². The molecule has 2 aromatic carbocycles. The predicted molar refractivity (Wildman–Crippen MR) is 126 cm³/mol. The summed E-state index contributed by atoms with van der Waals surface area (Å²) >= 11 is 12.3. The Hall–Kier alpha value is -2.54. The topological polar surface area (TPSA) is 70.1 Å². The Morgan fingerprint density at radius 2 is 1.78 bits per heavy atom. The Balaban J connectivity index is 2.16. The number of aliphatic hydroxyl groups excluding tert-OH is 1. The number of halogens is 2. The van der Waals surface area contributed by atoms with Crippen LogP contribution in [0.5, 0.6) is 5.75 Å². The van der Waals surface area contributed by atoms with E-state index in [0.29, 0.717) is 40.0 Å². The molecule has 1 fully saturated rings. The standard InChI is InChI=1S/C24H26Cl2N2O4/c1-4-27(5-2)12-13-28-21(15-10-11-17(25)18(26)14-15)20(23(30)24(28)31)22(29)16-8-6-7-9-19(16)32-3/h6-11,14,21,29H,4-5,12-13H2,1-3H3/b22-20+. The fourth-order valence-electron chi connectivity index (χ4n) is 3.91. The molecule has 32 heavy (non-hydrogen) atoms. The fourth-order valence-corrected chi connectivity index (χ4v) is 4.22. The van der Waals surface area contributed by atoms with E-state index in [0.717, 1.165) is 13.1 Å². The summed E-state index contributed by atoms with van der Waals surface area (Å²) in [6.07, 6.45) is 0. The zero-order valence-electron chi connectivity index (χ0n) is 18.3. The number of hydrogen-bond donors (Lipinski definition) is 1. The number of methoxy groups -OCH3 is 1. The maximum absolute atomic E-state index is 13.1. The van der Waals surface area contributed by atoms with Crippen molar-refractivity contribution in [2.24, 2.45) is 0 Å². The van der Waals surface area contributed by atoms with Crippen LogP contribution in [0.2, 0.25) is 10.0 Å². The molecule has 0 radical (unpaired) electrons. The average molecular weight is 477 g/mol. The molecule has 1 aliphatic rings. The highest BCUT2D eigenvalue weighted by atomic mass is 35.5. The van der Waals surface area contributed by atoms with Crippen molar-refractivity contribution in [1.29, 1.82) is 0 Å². The van der Waals surface area contributed by atoms with Crippen LogP contribution in [-0.2, 0) is 9.59 Å². The van der Waals surface area contributed by atoms with Gasteiger partial charge in [0.2, 0.25) is 0 Å². The zero-order chi connectivity index (χ0) is 23.4. The molecule has 1 unspecified atom stereocenters. The fraction of sp³-hybridized carbons (Fsp3) is 0.333. The van der Waals surface area contributed by atoms with Crippen LogP contribution in [-0.4, -0.2) is 59.9 Å². The van der Waals surface area contributed by atoms with Gasteiger partial charge in [0.25, 0.3) is 11.7 Å². The highest BCUT2D eigenvalue weighted by molar-refractivity contribution is 6.47. The lowest BCUT2D eigenvalue weighted by Crippen LogP contribution is -2.38. The maximum atomic E-state index is 13.1. The lowest BCUT2D eigenvalue weighted by atomic mass is 9.95. The first-order valence-corrected chi connectivity index (χ1v) is 11.2. The average Bonchev–Trinajstić information content (AvgIpc) is 3.06. The van der Waals surface area contributed by atoms with Gasteiger partial charge in [0.15, 0.2) is 0 Å². The molecular weight excluding hydrogens is 451 g/mol. The lowest BCUT2D eigenvalue weighted by Gasteiger charge is -2.28. The minimum Gasteiger partial charge on any atom is -0.507 e. The van der Waals surface area contributed by atoms with Gasteiger partial charge < -0.3 is 19.6 Å². The highest BCUT2D eigenvalue weighted by Gasteiger charge is 2.46. The molecule has 2 aromatic rings. The molecule has 0 saturated carbocycles. The Morgan fingerprint density at radius 3 is 2.41 bits per heavy atom. The summed E-state index contributed by atoms with van der Waals surface area (Å²) < 4.78 is 5.35. The Labute approximate surface area is 198 Å². The first-order chi connectivity index (χ1) is 15.3. The molecule has 170 valence electrons. The Kier molecular flexibility index (Phi) is 7.82. The number of amides is 1. The number of carbonyl (C=O) groups is 2. The molecule has 0 bridgehead atoms. The predicted octanol–water partition coefficient (Wildman–Crippen LogP) is 4.77. The van der Waals surface area contributed by atoms with E-state index in [1.165, 1.54) is 12.0 Å². The van der Waals surface area contributed by atoms with Crippen LogP contribution in [0.15, 0.2) is 48.0 Å². The SMILES string of the molecule is CCN(CC)CCN1C(=O)C(=O)/C(=C(/O)c2ccccc2OC)C1c1ccc(Cl)c(Cl)c1. The van der Waals surface area contributed by atoms with Crippen molar-refractivity contribution < 1.29 is 19.4 Å². The summed E-state index contributed by atoms with van der Waals surface area (Å²) in [5, 5.41) is 11.9. The van der Waals surface area contributed by atoms with Crippen LogP contribution in [0.3, 0.4) is 0 Å². The van der Waals surface area contributed by atoms with E-state index in [2.05, 4.69) is 4.90 Å². The molecule has 8 heteroatoms. The number of likely N-dealkylation sites (N-methyl/N-ethyl adjacent to an activating group) is 1. The molecule has 1 N–H and O–H groups in total. The quantitative estimate of drug-likeness (QED) is 0.337. The summed E-state index contributed by atoms with van der Waals surface area (Å²) in [7, 11) is 1.48. The van der Waals surface area contributed by atoms with Crippen LogP contribution in [0.4, 0.5) is 0 Å². The number of carbonyl (C=O) groups excluding carboxylic acids is 2. The first kappa shape index (κ1) is 24.1. The Morgan fingerprint density at radius 1 is 1.09 bits per heavy atom. The summed E-state index contributed by atoms with van der Waals surface area (Å²) in [6.45, 7) is 6.62. The minimum absolute atomic E-state index is 0.00237. The van der Waals surface area contributed by atoms with Gasteiger partial charge in [-0.25, -0.2) is 0 Å². The number of para-hydroxylation sites is 1. The second-order valence-corrected chi connectivity index (χ2v) is 8.21. The second-order valence-electron chi connectivity index (χ2n) is 7.39. The number of likely N-dealkylation sites (tertiary alicyclic amines) is 1. The third kappa shape index (κ3) is 4.63. The van der Waals surface area contributed by atoms with E-state index in [1.54, 1.807) is 42.5 Å². The smallest absolute Gasteiger partial charge is 0.295 e. The lowest BCUT2D eigenvalue weighted by molar-refractivity contribution is -0.140. The number of Topliss-reactive ketones (excluding diaryl/α,β-unsaturated/α-hetero) is 1. The highest BCUT2D eigenvalue weighted by Crippen LogP contribution is 2.42. The van der Waals surface area contributed by atoms with Crippen molar-refractivity contribution in [1.82, 2.24) is 9.80 Å². The molecule has 1 heterocycles. The van der Waals surface area contributed by atoms with Gasteiger partial charge in [-0.3, -0.25) is 9.59 Å². The Bertz CT molecular complexity index is 1050. The van der Waals surface area contributed by atoms with E-state index < -0.39 is 17.7 Å². The van der Waals surface area contributed by atoms with Crippen molar-refractivity contribution in [3.8, 4) is 5.75 Å². The number of rotatable bonds is 8. The van der Waals surface area contributed by atoms with Gasteiger partial charge in [-0.1, -0.05) is 55.2 Å². The van der Waals surface area contributed by atoms with Crippen molar-refractivity contribution in [3.05, 3.63) is 69.2 Å². The maximum Gasteiger partial charge on any atom is 0.295 e. The van der Waals surface area contributed by atoms with Gasteiger partial charge >= 0.3 is 0 Å². The number of ether oxygens (including phenoxy) is 1. The number of benzene rings is 2. The molecule has 1 aliphatic heterocycles. The zero-order valence-corrected chi connectivity index (χ0v) is 19.8. The second kappa shape index (κ2) is 10.4. The van der Waals surface area contributed by atoms with Gasteiger partial charge in [-0.15, -0.1) is 0 Å². The number of nitrogens with zero attached hydrogens (tertiary/aromatic N) is 2. The van der Waals surface area contributed by atoms with Crippen LogP contribution in [0.1, 0.15) is 31.0 Å². The molecule has 0 aliphatic carbocycles. The third-order valence-electron chi connectivity index (χ3n) is 5.71. The van der Waals surface area contributed by atoms with Gasteiger partial charge in [-0.2, -0.15) is 0 Å². The molecule has 1 atom stereocenters. The molecule has 6 nitrogen and oxygen atoms in total. The number of hydrogen-bond acceptors (Lipinski definition) is 5. The summed E-state index contributed by atoms with van der Waals surface area (Å²) in [4.78, 5) is 29.8. The summed E-state index contributed by atoms with van der Waals surface area (Å²) in [5.74, 6) is -1.30. The molecule has 0 spiro atoms. The van der Waals surface area contributed by atoms with Gasteiger partial charge in [0, 0.05) is 13.1 Å². The number of aliphatic hydroxyl groups is 1. The van der Waals surface area contributed by atoms with Crippen LogP contribution >= 0.6 is 23.2 Å². The van der Waals surface area contributed by atoms with E-state index in [9.17, 15) is 14.7 Å².